The lowest BCUT2D eigenvalue weighted by atomic mass is 9.88. The minimum atomic E-state index is -4.41. The Morgan fingerprint density at radius 2 is 1.78 bits per heavy atom. The summed E-state index contributed by atoms with van der Waals surface area (Å²) in [6.07, 6.45) is 2.60. The van der Waals surface area contributed by atoms with Crippen LogP contribution in [0.15, 0.2) is 36.7 Å². The standard InChI is InChI=1S/C32H41FN4O4/c1-19(2)36(20(3)4)30(39)25-17-23(33)9-10-26(25)37-21(5)28(24-11-14-34-18-27(24)37)29(38)22-12-15-35(16-13-22)31(40)41-32(6,7)8/h9-11,14,17-20,22H,12-13,15-16H2,1-8H3/i1D3,2D3,3D3,4D3,19D,20D. The van der Waals surface area contributed by atoms with Crippen LogP contribution in [0.2, 0.25) is 0 Å². The van der Waals surface area contributed by atoms with Gasteiger partial charge >= 0.3 is 6.09 Å². The zero-order valence-electron chi connectivity index (χ0n) is 37.2. The lowest BCUT2D eigenvalue weighted by molar-refractivity contribution is 0.0182. The topological polar surface area (TPSA) is 84.7 Å². The van der Waals surface area contributed by atoms with E-state index in [-0.39, 0.29) is 53.9 Å². The summed E-state index contributed by atoms with van der Waals surface area (Å²) < 4.78 is 136. The molecular formula is C32H41FN4O4. The highest BCUT2D eigenvalue weighted by atomic mass is 19.1. The number of Topliss-reactive ketones (excluding diaryl/α,β-unsaturated/α-hetero) is 1. The first-order valence-corrected chi connectivity index (χ1v) is 12.9. The smallest absolute Gasteiger partial charge is 0.410 e. The van der Waals surface area contributed by atoms with E-state index >= 15 is 4.39 Å². The molecule has 8 nitrogen and oxygen atoms in total. The quantitative estimate of drug-likeness (QED) is 0.309. The Hall–Kier alpha value is -3.75. The van der Waals surface area contributed by atoms with Gasteiger partial charge in [-0.1, -0.05) is 0 Å². The third kappa shape index (κ3) is 6.14. The summed E-state index contributed by atoms with van der Waals surface area (Å²) in [6, 6.07) is -5.06. The van der Waals surface area contributed by atoms with Crippen molar-refractivity contribution in [2.24, 2.45) is 5.92 Å². The number of benzene rings is 1. The molecule has 0 unspecified atom stereocenters. The van der Waals surface area contributed by atoms with Crippen LogP contribution in [0.5, 0.6) is 0 Å². The van der Waals surface area contributed by atoms with Gasteiger partial charge in [0.1, 0.15) is 11.4 Å². The summed E-state index contributed by atoms with van der Waals surface area (Å²) in [5, 5.41) is 0.284. The molecule has 3 heterocycles. The fourth-order valence-electron chi connectivity index (χ4n) is 5.05. The number of carbonyl (C=O) groups excluding carboxylic acids is 3. The van der Waals surface area contributed by atoms with E-state index < -0.39 is 84.9 Å². The highest BCUT2D eigenvalue weighted by molar-refractivity contribution is 6.11. The van der Waals surface area contributed by atoms with Gasteiger partial charge in [-0.2, -0.15) is 0 Å². The van der Waals surface area contributed by atoms with E-state index in [1.165, 1.54) is 34.9 Å². The third-order valence-electron chi connectivity index (χ3n) is 6.85. The Kier molecular flexibility index (Phi) is 4.72. The van der Waals surface area contributed by atoms with Crippen molar-refractivity contribution in [2.45, 2.75) is 85.6 Å². The second kappa shape index (κ2) is 11.6. The van der Waals surface area contributed by atoms with Crippen LogP contribution >= 0.6 is 0 Å². The van der Waals surface area contributed by atoms with Gasteiger partial charge in [0, 0.05) is 70.3 Å². The van der Waals surface area contributed by atoms with Gasteiger partial charge in [-0.15, -0.1) is 0 Å². The van der Waals surface area contributed by atoms with Crippen molar-refractivity contribution in [3.05, 3.63) is 59.3 Å². The number of nitrogens with zero attached hydrogens (tertiary/aromatic N) is 4. The SMILES string of the molecule is [2H]C([2H])([2H])C([2H])(N(C(=O)c1cc(F)ccc1-n1c(C)c(C(=O)C2CCN(C(=O)OC(C)(C)C)CC2)c2ccncc21)C([2H])(C([2H])([2H])[2H])C([2H])([2H])[2H])C([2H])([2H])[2H]. The van der Waals surface area contributed by atoms with E-state index in [1.54, 1.807) is 20.8 Å². The van der Waals surface area contributed by atoms with E-state index in [0.717, 1.165) is 12.1 Å². The molecular weight excluding hydrogens is 523 g/mol. The molecule has 2 aromatic heterocycles. The van der Waals surface area contributed by atoms with Gasteiger partial charge in [0.05, 0.1) is 25.7 Å². The van der Waals surface area contributed by atoms with Gasteiger partial charge in [0.25, 0.3) is 5.91 Å². The van der Waals surface area contributed by atoms with Gasteiger partial charge < -0.3 is 19.1 Å². The maximum absolute atomic E-state index is 15.2. The van der Waals surface area contributed by atoms with Crippen molar-refractivity contribution in [2.75, 3.05) is 13.1 Å². The first-order valence-electron chi connectivity index (χ1n) is 19.9. The molecule has 1 aliphatic heterocycles. The third-order valence-corrected chi connectivity index (χ3v) is 6.85. The Labute approximate surface area is 261 Å². The number of carbonyl (C=O) groups is 3. The lowest BCUT2D eigenvalue weighted by Crippen LogP contribution is -2.43. The summed E-state index contributed by atoms with van der Waals surface area (Å²) in [6.45, 7) is -9.70. The van der Waals surface area contributed by atoms with Crippen LogP contribution in [-0.2, 0) is 4.74 Å². The van der Waals surface area contributed by atoms with E-state index in [2.05, 4.69) is 4.98 Å². The Bertz CT molecular complexity index is 1910. The minimum Gasteiger partial charge on any atom is -0.444 e. The zero-order valence-corrected chi connectivity index (χ0v) is 23.2. The van der Waals surface area contributed by atoms with Crippen LogP contribution in [0.25, 0.3) is 16.6 Å². The molecule has 0 saturated carbocycles. The van der Waals surface area contributed by atoms with E-state index in [1.807, 2.05) is 0 Å². The average molecular weight is 579 g/mol. The van der Waals surface area contributed by atoms with Crippen molar-refractivity contribution in [3.63, 3.8) is 0 Å². The van der Waals surface area contributed by atoms with Crippen molar-refractivity contribution < 1.29 is 42.7 Å². The maximum atomic E-state index is 15.2. The van der Waals surface area contributed by atoms with Crippen LogP contribution in [0.4, 0.5) is 9.18 Å². The number of fused-ring (bicyclic) bond motifs is 1. The molecule has 0 N–H and O–H groups in total. The van der Waals surface area contributed by atoms with Gasteiger partial charge in [0.2, 0.25) is 0 Å². The second-order valence-electron chi connectivity index (χ2n) is 10.8. The average Bonchev–Trinajstić information content (AvgIpc) is 3.32. The van der Waals surface area contributed by atoms with Gasteiger partial charge in [0.15, 0.2) is 5.78 Å². The molecule has 0 spiro atoms. The monoisotopic (exact) mass is 578 g/mol. The van der Waals surface area contributed by atoms with Crippen molar-refractivity contribution in [3.8, 4) is 5.69 Å². The van der Waals surface area contributed by atoms with Crippen LogP contribution in [0, 0.1) is 18.7 Å². The molecule has 220 valence electrons. The van der Waals surface area contributed by atoms with Crippen LogP contribution < -0.4 is 0 Å². The summed E-state index contributed by atoms with van der Waals surface area (Å²) in [7, 11) is 0. The molecule has 0 radical (unpaired) electrons. The zero-order chi connectivity index (χ0) is 42.1. The summed E-state index contributed by atoms with van der Waals surface area (Å²) in [5.41, 5.74) is -1.83. The summed E-state index contributed by atoms with van der Waals surface area (Å²) in [4.78, 5) is 46.4. The number of ketones is 1. The number of pyridine rings is 1. The largest absolute Gasteiger partial charge is 0.444 e. The Balaban J connectivity index is 1.97. The van der Waals surface area contributed by atoms with Gasteiger partial charge in [-0.05, 0) is 92.2 Å². The lowest BCUT2D eigenvalue weighted by Gasteiger charge is -2.33. The number of ether oxygens (including phenoxy) is 1. The minimum absolute atomic E-state index is 0.113. The van der Waals surface area contributed by atoms with E-state index in [0.29, 0.717) is 6.07 Å². The number of rotatable bonds is 6. The first-order chi connectivity index (χ1) is 24.8. The predicted molar refractivity (Wildman–Crippen MR) is 157 cm³/mol. The van der Waals surface area contributed by atoms with Crippen LogP contribution in [0.3, 0.4) is 0 Å². The predicted octanol–water partition coefficient (Wildman–Crippen LogP) is 6.56. The molecule has 0 aliphatic carbocycles. The molecule has 4 rings (SSSR count). The highest BCUT2D eigenvalue weighted by Crippen LogP contribution is 2.34. The Morgan fingerprint density at radius 3 is 2.39 bits per heavy atom. The van der Waals surface area contributed by atoms with Crippen molar-refractivity contribution in [1.29, 1.82) is 0 Å². The van der Waals surface area contributed by atoms with Crippen LogP contribution in [0.1, 0.15) is 107 Å². The molecule has 3 aromatic rings. The molecule has 1 fully saturated rings. The highest BCUT2D eigenvalue weighted by Gasteiger charge is 2.34. The molecule has 41 heavy (non-hydrogen) atoms. The number of amides is 2. The Morgan fingerprint density at radius 1 is 1.12 bits per heavy atom. The molecule has 9 heteroatoms. The fourth-order valence-corrected chi connectivity index (χ4v) is 5.05. The molecule has 2 amide bonds. The number of hydrogen-bond acceptors (Lipinski definition) is 5. The molecule has 0 bridgehead atoms. The summed E-state index contributed by atoms with van der Waals surface area (Å²) >= 11 is 0. The number of likely N-dealkylation sites (tertiary alicyclic amines) is 1. The molecule has 1 saturated heterocycles. The van der Waals surface area contributed by atoms with E-state index in [9.17, 15) is 14.4 Å². The molecule has 0 atom stereocenters. The fraction of sp³-hybridized carbons (Fsp3) is 0.500. The number of piperidine rings is 1. The normalized spacial score (nSPS) is 21.4. The van der Waals surface area contributed by atoms with Gasteiger partial charge in [-0.3, -0.25) is 14.6 Å². The summed E-state index contributed by atoms with van der Waals surface area (Å²) in [5.74, 6) is -4.28. The molecule has 1 aromatic carbocycles. The number of aromatic nitrogens is 2. The molecule has 1 aliphatic rings. The van der Waals surface area contributed by atoms with Crippen molar-refractivity contribution in [1.82, 2.24) is 19.4 Å². The van der Waals surface area contributed by atoms with E-state index in [4.69, 9.17) is 23.9 Å². The second-order valence-corrected chi connectivity index (χ2v) is 10.8. The number of hydrogen-bond donors (Lipinski definition) is 0. The number of halogens is 1. The first kappa shape index (κ1) is 16.6. The van der Waals surface area contributed by atoms with Crippen molar-refractivity contribution >= 4 is 28.7 Å². The maximum Gasteiger partial charge on any atom is 0.410 e. The van der Waals surface area contributed by atoms with Crippen LogP contribution in [-0.4, -0.2) is 67.9 Å². The van der Waals surface area contributed by atoms with Gasteiger partial charge in [-0.25, -0.2) is 9.18 Å².